The molecule has 4 rings (SSSR count). The monoisotopic (exact) mass is 522 g/mol. The lowest BCUT2D eigenvalue weighted by atomic mass is 10.1. The lowest BCUT2D eigenvalue weighted by Crippen LogP contribution is -2.43. The largest absolute Gasteiger partial charge is 0.497 e. The fourth-order valence-corrected chi connectivity index (χ4v) is 5.33. The summed E-state index contributed by atoms with van der Waals surface area (Å²) in [6.07, 6.45) is -4.31. The van der Waals surface area contributed by atoms with E-state index in [9.17, 15) is 26.4 Å². The van der Waals surface area contributed by atoms with Gasteiger partial charge in [0.1, 0.15) is 17.6 Å². The average molecular weight is 523 g/mol. The number of carboxylic acid groups (broad SMARTS) is 1. The molecule has 8 nitrogen and oxygen atoms in total. The molecule has 3 aromatic rings. The SMILES string of the molecule is COc1ccnc(-c2ccc3c(c2)N(S(=O)(=O)c2cccc(C(F)(F)F)c2)C[C@H](CCC(=O)O)O3)c1. The van der Waals surface area contributed by atoms with Gasteiger partial charge in [-0.2, -0.15) is 13.2 Å². The quantitative estimate of drug-likeness (QED) is 0.484. The number of alkyl halides is 3. The number of aliphatic carboxylic acids is 1. The van der Waals surface area contributed by atoms with E-state index in [0.29, 0.717) is 23.1 Å². The molecular formula is C24H21F3N2O6S. The van der Waals surface area contributed by atoms with Crippen molar-refractivity contribution in [2.75, 3.05) is 18.0 Å². The molecule has 0 fully saturated rings. The summed E-state index contributed by atoms with van der Waals surface area (Å²) in [5.74, 6) is -0.411. The van der Waals surface area contributed by atoms with Gasteiger partial charge in [0, 0.05) is 24.2 Å². The first-order valence-electron chi connectivity index (χ1n) is 10.7. The molecule has 190 valence electrons. The first-order chi connectivity index (χ1) is 17.0. The number of rotatable bonds is 7. The van der Waals surface area contributed by atoms with Crippen LogP contribution in [0.5, 0.6) is 11.5 Å². The van der Waals surface area contributed by atoms with Crippen molar-refractivity contribution in [2.24, 2.45) is 0 Å². The first kappa shape index (κ1) is 25.3. The topological polar surface area (TPSA) is 106 Å². The number of pyridine rings is 1. The second kappa shape index (κ2) is 9.69. The molecule has 1 aliphatic rings. The van der Waals surface area contributed by atoms with E-state index in [4.69, 9.17) is 14.6 Å². The Morgan fingerprint density at radius 3 is 2.67 bits per heavy atom. The highest BCUT2D eigenvalue weighted by Gasteiger charge is 2.37. The number of fused-ring (bicyclic) bond motifs is 1. The summed E-state index contributed by atoms with van der Waals surface area (Å²) in [5.41, 5.74) is -0.0130. The zero-order valence-electron chi connectivity index (χ0n) is 18.9. The highest BCUT2D eigenvalue weighted by atomic mass is 32.2. The summed E-state index contributed by atoms with van der Waals surface area (Å²) in [4.78, 5) is 14.8. The molecule has 1 aromatic heterocycles. The Balaban J connectivity index is 1.81. The van der Waals surface area contributed by atoms with E-state index < -0.39 is 38.7 Å². The molecule has 36 heavy (non-hydrogen) atoms. The normalized spacial score (nSPS) is 15.7. The summed E-state index contributed by atoms with van der Waals surface area (Å²) < 4.78 is 79.1. The van der Waals surface area contributed by atoms with Crippen LogP contribution < -0.4 is 13.8 Å². The zero-order chi connectivity index (χ0) is 26.1. The maximum atomic E-state index is 13.6. The molecule has 12 heteroatoms. The van der Waals surface area contributed by atoms with Crippen molar-refractivity contribution >= 4 is 21.7 Å². The minimum atomic E-state index is -4.73. The number of hydrogen-bond donors (Lipinski definition) is 1. The van der Waals surface area contributed by atoms with Gasteiger partial charge in [0.15, 0.2) is 0 Å². The van der Waals surface area contributed by atoms with Gasteiger partial charge in [-0.25, -0.2) is 8.42 Å². The Kier molecular flexibility index (Phi) is 6.81. The zero-order valence-corrected chi connectivity index (χ0v) is 19.7. The van der Waals surface area contributed by atoms with Crippen LogP contribution in [-0.4, -0.2) is 44.2 Å². The maximum Gasteiger partial charge on any atom is 0.416 e. The minimum absolute atomic E-state index is 0.00255. The summed E-state index contributed by atoms with van der Waals surface area (Å²) in [6.45, 7) is -0.284. The van der Waals surface area contributed by atoms with E-state index in [1.54, 1.807) is 18.2 Å². The third-order valence-corrected chi connectivity index (χ3v) is 7.36. The lowest BCUT2D eigenvalue weighted by Gasteiger charge is -2.35. The number of sulfonamides is 1. The van der Waals surface area contributed by atoms with Gasteiger partial charge in [0.25, 0.3) is 10.0 Å². The second-order valence-corrected chi connectivity index (χ2v) is 9.86. The van der Waals surface area contributed by atoms with Crippen molar-refractivity contribution in [3.63, 3.8) is 0 Å². The van der Waals surface area contributed by atoms with Crippen LogP contribution in [0.25, 0.3) is 11.3 Å². The maximum absolute atomic E-state index is 13.6. The standard InChI is InChI=1S/C24H21F3N2O6S/c1-34-17-9-10-28-20(13-17)15-5-7-22-21(11-15)29(14-18(35-22)6-8-23(30)31)36(32,33)19-4-2-3-16(12-19)24(25,26)27/h2-5,7,9-13,18H,6,8,14H2,1H3,(H,30,31)/t18-/m0/s1. The lowest BCUT2D eigenvalue weighted by molar-refractivity contribution is -0.138. The second-order valence-electron chi connectivity index (χ2n) is 8.00. The average Bonchev–Trinajstić information content (AvgIpc) is 2.86. The number of hydrogen-bond acceptors (Lipinski definition) is 6. The molecule has 2 aromatic carbocycles. The number of carbonyl (C=O) groups is 1. The van der Waals surface area contributed by atoms with Crippen LogP contribution in [-0.2, 0) is 21.0 Å². The van der Waals surface area contributed by atoms with E-state index in [1.165, 1.54) is 25.4 Å². The Labute approximate surface area is 205 Å². The van der Waals surface area contributed by atoms with Gasteiger partial charge >= 0.3 is 12.1 Å². The van der Waals surface area contributed by atoms with Crippen LogP contribution in [0.15, 0.2) is 65.7 Å². The molecule has 0 saturated heterocycles. The van der Waals surface area contributed by atoms with Gasteiger partial charge in [-0.3, -0.25) is 14.1 Å². The van der Waals surface area contributed by atoms with Crippen LogP contribution in [0.4, 0.5) is 18.9 Å². The number of anilines is 1. The summed E-state index contributed by atoms with van der Waals surface area (Å²) in [7, 11) is -2.99. The number of methoxy groups -OCH3 is 1. The summed E-state index contributed by atoms with van der Waals surface area (Å²) in [5, 5.41) is 9.04. The third kappa shape index (κ3) is 5.23. The van der Waals surface area contributed by atoms with Crippen LogP contribution >= 0.6 is 0 Å². The Morgan fingerprint density at radius 1 is 1.19 bits per heavy atom. The predicted molar refractivity (Wildman–Crippen MR) is 123 cm³/mol. The fraction of sp³-hybridized carbons (Fsp3) is 0.250. The fourth-order valence-electron chi connectivity index (χ4n) is 3.79. The van der Waals surface area contributed by atoms with Gasteiger partial charge in [0.2, 0.25) is 0 Å². The van der Waals surface area contributed by atoms with Crippen molar-refractivity contribution < 1.29 is 41.0 Å². The van der Waals surface area contributed by atoms with Crippen molar-refractivity contribution in [2.45, 2.75) is 30.0 Å². The van der Waals surface area contributed by atoms with Crippen LogP contribution in [0.1, 0.15) is 18.4 Å². The Bertz CT molecular complexity index is 1390. The van der Waals surface area contributed by atoms with Crippen LogP contribution in [0.2, 0.25) is 0 Å². The number of carboxylic acids is 1. The van der Waals surface area contributed by atoms with E-state index in [0.717, 1.165) is 22.5 Å². The third-order valence-electron chi connectivity index (χ3n) is 5.58. The molecule has 0 bridgehead atoms. The molecular weight excluding hydrogens is 501 g/mol. The van der Waals surface area contributed by atoms with Gasteiger partial charge in [-0.15, -0.1) is 0 Å². The Hall–Kier alpha value is -3.80. The van der Waals surface area contributed by atoms with E-state index in [1.807, 2.05) is 0 Å². The highest BCUT2D eigenvalue weighted by molar-refractivity contribution is 7.92. The number of ether oxygens (including phenoxy) is 2. The molecule has 1 aliphatic heterocycles. The highest BCUT2D eigenvalue weighted by Crippen LogP contribution is 2.41. The Morgan fingerprint density at radius 2 is 1.97 bits per heavy atom. The van der Waals surface area contributed by atoms with Crippen LogP contribution in [0, 0.1) is 0 Å². The molecule has 0 spiro atoms. The number of benzene rings is 2. The van der Waals surface area contributed by atoms with Crippen molar-refractivity contribution in [1.29, 1.82) is 0 Å². The smallest absolute Gasteiger partial charge is 0.416 e. The molecule has 0 aliphatic carbocycles. The molecule has 0 amide bonds. The molecule has 0 radical (unpaired) electrons. The van der Waals surface area contributed by atoms with Gasteiger partial charge in [0.05, 0.1) is 35.5 Å². The number of nitrogens with zero attached hydrogens (tertiary/aromatic N) is 2. The van der Waals surface area contributed by atoms with Gasteiger partial charge in [-0.1, -0.05) is 6.07 Å². The van der Waals surface area contributed by atoms with Gasteiger partial charge < -0.3 is 14.6 Å². The summed E-state index contributed by atoms with van der Waals surface area (Å²) in [6, 6.07) is 11.4. The first-order valence-corrected chi connectivity index (χ1v) is 12.2. The van der Waals surface area contributed by atoms with Gasteiger partial charge in [-0.05, 0) is 48.9 Å². The molecule has 1 N–H and O–H groups in total. The van der Waals surface area contributed by atoms with Crippen molar-refractivity contribution in [1.82, 2.24) is 4.98 Å². The number of halogens is 3. The minimum Gasteiger partial charge on any atom is -0.497 e. The predicted octanol–water partition coefficient (Wildman–Crippen LogP) is 4.60. The van der Waals surface area contributed by atoms with E-state index >= 15 is 0 Å². The molecule has 2 heterocycles. The molecule has 0 unspecified atom stereocenters. The molecule has 0 saturated carbocycles. The van der Waals surface area contributed by atoms with E-state index in [-0.39, 0.29) is 30.8 Å². The molecule has 1 atom stereocenters. The van der Waals surface area contributed by atoms with Crippen molar-refractivity contribution in [3.8, 4) is 22.8 Å². The van der Waals surface area contributed by atoms with Crippen molar-refractivity contribution in [3.05, 3.63) is 66.4 Å². The summed E-state index contributed by atoms with van der Waals surface area (Å²) >= 11 is 0. The van der Waals surface area contributed by atoms with E-state index in [2.05, 4.69) is 4.98 Å². The van der Waals surface area contributed by atoms with Crippen LogP contribution in [0.3, 0.4) is 0 Å². The number of aromatic nitrogens is 1.